The third kappa shape index (κ3) is 6.03. The van der Waals surface area contributed by atoms with E-state index < -0.39 is 27.4 Å². The summed E-state index contributed by atoms with van der Waals surface area (Å²) in [5.74, 6) is -2.19. The van der Waals surface area contributed by atoms with Crippen LogP contribution in [0.4, 0.5) is 0 Å². The first-order chi connectivity index (χ1) is 14.8. The number of aromatic nitrogens is 2. The fraction of sp³-hybridized carbons (Fsp3) is 0.158. The van der Waals surface area contributed by atoms with Crippen molar-refractivity contribution in [2.24, 2.45) is 0 Å². The molecule has 9 nitrogen and oxygen atoms in total. The molecule has 0 saturated carbocycles. The molecule has 0 aliphatic heterocycles. The first kappa shape index (κ1) is 22.7. The van der Waals surface area contributed by atoms with Gasteiger partial charge in [0.2, 0.25) is 0 Å². The Hall–Kier alpha value is -2.95. The van der Waals surface area contributed by atoms with Crippen LogP contribution in [-0.4, -0.2) is 43.5 Å². The smallest absolute Gasteiger partial charge is 0.315 e. The highest BCUT2D eigenvalue weighted by atomic mass is 35.5. The maximum atomic E-state index is 12.3. The molecule has 2 aromatic carbocycles. The molecular formula is C19H16Cl2N4O5S. The van der Waals surface area contributed by atoms with Crippen LogP contribution in [0.3, 0.4) is 0 Å². The molecule has 0 saturated heterocycles. The Labute approximate surface area is 187 Å². The molecule has 2 N–H and O–H groups in total. The first-order valence-corrected chi connectivity index (χ1v) is 11.3. The van der Waals surface area contributed by atoms with Gasteiger partial charge in [0.05, 0.1) is 15.5 Å². The van der Waals surface area contributed by atoms with Gasteiger partial charge in [-0.15, -0.1) is 0 Å². The predicted octanol–water partition coefficient (Wildman–Crippen LogP) is 2.51. The van der Waals surface area contributed by atoms with Crippen molar-refractivity contribution >= 4 is 44.9 Å². The summed E-state index contributed by atoms with van der Waals surface area (Å²) in [6.07, 6.45) is 0. The van der Waals surface area contributed by atoms with Crippen molar-refractivity contribution in [3.63, 3.8) is 0 Å². The highest BCUT2D eigenvalue weighted by molar-refractivity contribution is 7.90. The minimum atomic E-state index is -3.67. The Morgan fingerprint density at radius 3 is 2.35 bits per heavy atom. The van der Waals surface area contributed by atoms with Crippen LogP contribution in [0, 0.1) is 0 Å². The third-order valence-corrected chi connectivity index (χ3v) is 6.15. The number of sulfone groups is 1. The van der Waals surface area contributed by atoms with Crippen molar-refractivity contribution in [2.75, 3.05) is 13.1 Å². The summed E-state index contributed by atoms with van der Waals surface area (Å²) in [6.45, 7) is 0.152. The molecule has 1 heterocycles. The number of nitrogens with zero attached hydrogens (tertiary/aromatic N) is 2. The summed E-state index contributed by atoms with van der Waals surface area (Å²) in [5, 5.41) is 9.22. The average molecular weight is 483 g/mol. The molecule has 31 heavy (non-hydrogen) atoms. The van der Waals surface area contributed by atoms with Gasteiger partial charge in [-0.1, -0.05) is 46.6 Å². The van der Waals surface area contributed by atoms with E-state index in [2.05, 4.69) is 20.8 Å². The number of carbonyl (C=O) groups excluding carboxylic acids is 2. The summed E-state index contributed by atoms with van der Waals surface area (Å²) in [4.78, 5) is 28.1. The molecule has 0 fully saturated rings. The fourth-order valence-electron chi connectivity index (χ4n) is 2.48. The lowest BCUT2D eigenvalue weighted by atomic mass is 10.2. The minimum Gasteiger partial charge on any atom is -0.350 e. The summed E-state index contributed by atoms with van der Waals surface area (Å²) >= 11 is 11.8. The van der Waals surface area contributed by atoms with Gasteiger partial charge in [0.15, 0.2) is 15.7 Å². The number of carbonyl (C=O) groups is 2. The van der Waals surface area contributed by atoms with Gasteiger partial charge >= 0.3 is 11.8 Å². The van der Waals surface area contributed by atoms with E-state index in [1.54, 1.807) is 24.3 Å². The molecule has 0 aliphatic rings. The lowest BCUT2D eigenvalue weighted by Gasteiger charge is -2.07. The van der Waals surface area contributed by atoms with E-state index in [4.69, 9.17) is 27.7 Å². The van der Waals surface area contributed by atoms with Crippen LogP contribution < -0.4 is 10.6 Å². The molecule has 0 unspecified atom stereocenters. The van der Waals surface area contributed by atoms with E-state index in [9.17, 15) is 18.0 Å². The third-order valence-electron chi connectivity index (χ3n) is 3.95. The van der Waals surface area contributed by atoms with Gasteiger partial charge in [-0.2, -0.15) is 4.98 Å². The van der Waals surface area contributed by atoms with E-state index in [-0.39, 0.29) is 40.3 Å². The molecular weight excluding hydrogens is 467 g/mol. The van der Waals surface area contributed by atoms with Crippen LogP contribution in [0.5, 0.6) is 0 Å². The van der Waals surface area contributed by atoms with Crippen LogP contribution in [0.2, 0.25) is 10.0 Å². The summed E-state index contributed by atoms with van der Waals surface area (Å²) in [6, 6.07) is 12.3. The molecule has 162 valence electrons. The number of hydrogen-bond donors (Lipinski definition) is 2. The average Bonchev–Trinajstić information content (AvgIpc) is 3.21. The second kappa shape index (κ2) is 9.90. The lowest BCUT2D eigenvalue weighted by Crippen LogP contribution is -2.35. The van der Waals surface area contributed by atoms with Crippen LogP contribution >= 0.6 is 23.2 Å². The lowest BCUT2D eigenvalue weighted by molar-refractivity contribution is 0.0898. The van der Waals surface area contributed by atoms with Gasteiger partial charge in [0, 0.05) is 18.1 Å². The normalized spacial score (nSPS) is 11.2. The number of halogens is 2. The van der Waals surface area contributed by atoms with E-state index >= 15 is 0 Å². The number of hydrogen-bond acceptors (Lipinski definition) is 7. The van der Waals surface area contributed by atoms with E-state index in [0.29, 0.717) is 5.02 Å². The minimum absolute atomic E-state index is 0.0583. The van der Waals surface area contributed by atoms with Crippen LogP contribution in [-0.2, 0) is 15.6 Å². The number of amides is 2. The zero-order valence-electron chi connectivity index (χ0n) is 15.8. The Balaban J connectivity index is 1.50. The Morgan fingerprint density at radius 1 is 0.968 bits per heavy atom. The van der Waals surface area contributed by atoms with Gasteiger partial charge < -0.3 is 15.2 Å². The summed E-state index contributed by atoms with van der Waals surface area (Å²) in [7, 11) is -3.67. The van der Waals surface area contributed by atoms with Gasteiger partial charge in [0.25, 0.3) is 5.91 Å². The zero-order valence-corrected chi connectivity index (χ0v) is 18.2. The summed E-state index contributed by atoms with van der Waals surface area (Å²) in [5.41, 5.74) is 0.210. The highest BCUT2D eigenvalue weighted by Gasteiger charge is 2.21. The molecule has 3 rings (SSSR count). The second-order valence-electron chi connectivity index (χ2n) is 6.22. The molecule has 0 spiro atoms. The zero-order chi connectivity index (χ0) is 22.4. The van der Waals surface area contributed by atoms with Gasteiger partial charge in [-0.25, -0.2) is 8.42 Å². The molecule has 0 aliphatic carbocycles. The maximum Gasteiger partial charge on any atom is 0.315 e. The quantitative estimate of drug-likeness (QED) is 0.471. The Morgan fingerprint density at radius 2 is 1.65 bits per heavy atom. The number of rotatable bonds is 8. The van der Waals surface area contributed by atoms with Crippen molar-refractivity contribution in [1.29, 1.82) is 0 Å². The van der Waals surface area contributed by atoms with Crippen LogP contribution in [0.25, 0.3) is 0 Å². The summed E-state index contributed by atoms with van der Waals surface area (Å²) < 4.78 is 29.5. The molecule has 0 bridgehead atoms. The highest BCUT2D eigenvalue weighted by Crippen LogP contribution is 2.20. The molecule has 3 aromatic rings. The van der Waals surface area contributed by atoms with Gasteiger partial charge in [0.1, 0.15) is 5.75 Å². The predicted molar refractivity (Wildman–Crippen MR) is 113 cm³/mol. The van der Waals surface area contributed by atoms with E-state index in [1.165, 1.54) is 24.3 Å². The van der Waals surface area contributed by atoms with Gasteiger partial charge in [-0.05, 0) is 30.3 Å². The molecule has 2 amide bonds. The number of nitrogens with one attached hydrogen (secondary N) is 2. The second-order valence-corrected chi connectivity index (χ2v) is 9.06. The van der Waals surface area contributed by atoms with E-state index in [0.717, 1.165) is 0 Å². The molecule has 1 aromatic heterocycles. The Bertz CT molecular complexity index is 1200. The van der Waals surface area contributed by atoms with E-state index in [1.807, 2.05) is 0 Å². The monoisotopic (exact) mass is 482 g/mol. The fourth-order valence-corrected chi connectivity index (χ4v) is 4.05. The molecule has 0 radical (unpaired) electrons. The van der Waals surface area contributed by atoms with Crippen molar-refractivity contribution in [2.45, 2.75) is 10.6 Å². The maximum absolute atomic E-state index is 12.3. The Kier molecular flexibility index (Phi) is 7.26. The van der Waals surface area contributed by atoms with Crippen LogP contribution in [0.15, 0.2) is 57.9 Å². The van der Waals surface area contributed by atoms with Crippen molar-refractivity contribution in [1.82, 2.24) is 20.8 Å². The topological polar surface area (TPSA) is 131 Å². The van der Waals surface area contributed by atoms with Crippen molar-refractivity contribution in [3.8, 4) is 0 Å². The van der Waals surface area contributed by atoms with Crippen molar-refractivity contribution < 1.29 is 22.5 Å². The van der Waals surface area contributed by atoms with Crippen molar-refractivity contribution in [3.05, 3.63) is 75.9 Å². The van der Waals surface area contributed by atoms with Crippen LogP contribution in [0.1, 0.15) is 26.9 Å². The molecule has 12 heteroatoms. The standard InChI is InChI=1S/C19H16Cl2N4O5S/c20-12-6-7-15(21)14(10-12)17(26)22-8-9-23-18(27)19-24-16(25-30-19)11-31(28,29)13-4-2-1-3-5-13/h1-7,10H,8-9,11H2,(H,22,26)(H,23,27). The first-order valence-electron chi connectivity index (χ1n) is 8.88. The SMILES string of the molecule is O=C(NCCNC(=O)c1cc(Cl)ccc1Cl)c1nc(CS(=O)(=O)c2ccccc2)no1. The van der Waals surface area contributed by atoms with Gasteiger partial charge in [-0.3, -0.25) is 9.59 Å². The number of benzene rings is 2. The largest absolute Gasteiger partial charge is 0.350 e. The molecule has 0 atom stereocenters.